The Morgan fingerprint density at radius 1 is 1.24 bits per heavy atom. The van der Waals surface area contributed by atoms with Crippen molar-refractivity contribution in [3.05, 3.63) is 35.4 Å². The first kappa shape index (κ1) is 12.5. The van der Waals surface area contributed by atoms with E-state index in [-0.39, 0.29) is 5.54 Å². The average Bonchev–Trinajstić information content (AvgIpc) is 2.50. The van der Waals surface area contributed by atoms with E-state index in [9.17, 15) is 8.78 Å². The Labute approximate surface area is 101 Å². The highest BCUT2D eigenvalue weighted by atomic mass is 19.2. The van der Waals surface area contributed by atoms with Crippen LogP contribution >= 0.6 is 0 Å². The summed E-state index contributed by atoms with van der Waals surface area (Å²) in [5.41, 5.74) is 0.368. The van der Waals surface area contributed by atoms with E-state index < -0.39 is 11.6 Å². The Balaban J connectivity index is 2.15. The zero-order valence-electron chi connectivity index (χ0n) is 10.2. The van der Waals surface area contributed by atoms with Gasteiger partial charge in [-0.25, -0.2) is 8.78 Å². The molecule has 1 unspecified atom stereocenters. The van der Waals surface area contributed by atoms with Crippen LogP contribution in [0.15, 0.2) is 18.2 Å². The summed E-state index contributed by atoms with van der Waals surface area (Å²) in [5, 5.41) is 3.46. The fourth-order valence-corrected chi connectivity index (χ4v) is 2.55. The van der Waals surface area contributed by atoms with Gasteiger partial charge in [-0.1, -0.05) is 25.0 Å². The topological polar surface area (TPSA) is 12.0 Å². The van der Waals surface area contributed by atoms with Crippen LogP contribution in [0.3, 0.4) is 0 Å². The van der Waals surface area contributed by atoms with E-state index in [0.29, 0.717) is 12.0 Å². The predicted octanol–water partition coefficient (Wildman–Crippen LogP) is 3.43. The molecule has 1 aromatic rings. The van der Waals surface area contributed by atoms with E-state index in [4.69, 9.17) is 0 Å². The fourth-order valence-electron chi connectivity index (χ4n) is 2.55. The SMILES string of the molecule is CC1(Cc2cccc(F)c2F)CCCCCN1. The summed E-state index contributed by atoms with van der Waals surface area (Å²) in [7, 11) is 0. The maximum absolute atomic E-state index is 13.6. The normalized spacial score (nSPS) is 25.6. The summed E-state index contributed by atoms with van der Waals surface area (Å²) in [6.45, 7) is 3.07. The van der Waals surface area contributed by atoms with Gasteiger partial charge in [0, 0.05) is 5.54 Å². The minimum absolute atomic E-state index is 0.106. The molecule has 0 spiro atoms. The van der Waals surface area contributed by atoms with Crippen molar-refractivity contribution in [3.8, 4) is 0 Å². The van der Waals surface area contributed by atoms with E-state index in [1.165, 1.54) is 18.9 Å². The Kier molecular flexibility index (Phi) is 3.77. The summed E-state index contributed by atoms with van der Waals surface area (Å²) in [6, 6.07) is 4.42. The van der Waals surface area contributed by atoms with Gasteiger partial charge in [0.25, 0.3) is 0 Å². The van der Waals surface area contributed by atoms with Crippen molar-refractivity contribution in [1.29, 1.82) is 0 Å². The quantitative estimate of drug-likeness (QED) is 0.833. The molecule has 1 N–H and O–H groups in total. The summed E-state index contributed by atoms with van der Waals surface area (Å²) in [6.07, 6.45) is 5.11. The molecule has 0 aromatic heterocycles. The molecule has 1 nitrogen and oxygen atoms in total. The molecule has 0 radical (unpaired) electrons. The highest BCUT2D eigenvalue weighted by Crippen LogP contribution is 2.25. The van der Waals surface area contributed by atoms with Crippen molar-refractivity contribution in [3.63, 3.8) is 0 Å². The van der Waals surface area contributed by atoms with Crippen LogP contribution in [-0.4, -0.2) is 12.1 Å². The smallest absolute Gasteiger partial charge is 0.162 e. The van der Waals surface area contributed by atoms with E-state index >= 15 is 0 Å². The number of hydrogen-bond donors (Lipinski definition) is 1. The highest BCUT2D eigenvalue weighted by Gasteiger charge is 2.26. The minimum atomic E-state index is -0.750. The largest absolute Gasteiger partial charge is 0.311 e. The molecular weight excluding hydrogens is 220 g/mol. The Hall–Kier alpha value is -0.960. The summed E-state index contributed by atoms with van der Waals surface area (Å²) in [4.78, 5) is 0. The van der Waals surface area contributed by atoms with Crippen LogP contribution in [0.5, 0.6) is 0 Å². The molecule has 1 aromatic carbocycles. The van der Waals surface area contributed by atoms with Crippen LogP contribution in [-0.2, 0) is 6.42 Å². The molecule has 1 aliphatic heterocycles. The molecule has 0 amide bonds. The number of rotatable bonds is 2. The monoisotopic (exact) mass is 239 g/mol. The van der Waals surface area contributed by atoms with Gasteiger partial charge in [-0.05, 0) is 44.4 Å². The van der Waals surface area contributed by atoms with Crippen LogP contribution in [0.1, 0.15) is 38.2 Å². The second-order valence-corrected chi connectivity index (χ2v) is 5.19. The molecule has 2 rings (SSSR count). The van der Waals surface area contributed by atoms with Gasteiger partial charge in [-0.2, -0.15) is 0 Å². The van der Waals surface area contributed by atoms with Gasteiger partial charge in [0.1, 0.15) is 0 Å². The highest BCUT2D eigenvalue weighted by molar-refractivity contribution is 5.21. The molecule has 3 heteroatoms. The van der Waals surface area contributed by atoms with E-state index in [1.54, 1.807) is 12.1 Å². The maximum atomic E-state index is 13.6. The third-order valence-electron chi connectivity index (χ3n) is 3.57. The van der Waals surface area contributed by atoms with Gasteiger partial charge in [0.15, 0.2) is 11.6 Å². The zero-order valence-corrected chi connectivity index (χ0v) is 10.2. The molecule has 1 atom stereocenters. The van der Waals surface area contributed by atoms with Crippen LogP contribution in [0.25, 0.3) is 0 Å². The number of halogens is 2. The molecule has 1 fully saturated rings. The number of nitrogens with one attached hydrogen (secondary N) is 1. The Morgan fingerprint density at radius 2 is 2.06 bits per heavy atom. The van der Waals surface area contributed by atoms with E-state index in [0.717, 1.165) is 19.4 Å². The molecule has 1 saturated heterocycles. The lowest BCUT2D eigenvalue weighted by Crippen LogP contribution is -2.43. The van der Waals surface area contributed by atoms with E-state index in [2.05, 4.69) is 12.2 Å². The molecule has 94 valence electrons. The first-order chi connectivity index (χ1) is 8.11. The van der Waals surface area contributed by atoms with Gasteiger partial charge in [0.05, 0.1) is 0 Å². The van der Waals surface area contributed by atoms with Crippen LogP contribution < -0.4 is 5.32 Å². The van der Waals surface area contributed by atoms with Crippen molar-refractivity contribution in [2.45, 2.75) is 44.6 Å². The summed E-state index contributed by atoms with van der Waals surface area (Å²) >= 11 is 0. The molecule has 1 aliphatic rings. The van der Waals surface area contributed by atoms with Crippen molar-refractivity contribution < 1.29 is 8.78 Å². The lowest BCUT2D eigenvalue weighted by molar-refractivity contribution is 0.339. The van der Waals surface area contributed by atoms with Gasteiger partial charge in [0.2, 0.25) is 0 Å². The maximum Gasteiger partial charge on any atom is 0.162 e. The predicted molar refractivity (Wildman–Crippen MR) is 64.9 cm³/mol. The first-order valence-corrected chi connectivity index (χ1v) is 6.29. The molecule has 0 saturated carbocycles. The molecule has 17 heavy (non-hydrogen) atoms. The molecule has 1 heterocycles. The Morgan fingerprint density at radius 3 is 2.88 bits per heavy atom. The van der Waals surface area contributed by atoms with Crippen LogP contribution in [0.2, 0.25) is 0 Å². The van der Waals surface area contributed by atoms with Gasteiger partial charge in [-0.15, -0.1) is 0 Å². The van der Waals surface area contributed by atoms with E-state index in [1.807, 2.05) is 0 Å². The van der Waals surface area contributed by atoms with Crippen LogP contribution in [0.4, 0.5) is 8.78 Å². The van der Waals surface area contributed by atoms with Gasteiger partial charge >= 0.3 is 0 Å². The first-order valence-electron chi connectivity index (χ1n) is 6.29. The molecule has 0 aliphatic carbocycles. The summed E-state index contributed by atoms with van der Waals surface area (Å²) < 4.78 is 26.8. The average molecular weight is 239 g/mol. The van der Waals surface area contributed by atoms with Crippen LogP contribution in [0, 0.1) is 11.6 Å². The van der Waals surface area contributed by atoms with Gasteiger partial charge in [-0.3, -0.25) is 0 Å². The lowest BCUT2D eigenvalue weighted by Gasteiger charge is -2.29. The minimum Gasteiger partial charge on any atom is -0.311 e. The number of hydrogen-bond acceptors (Lipinski definition) is 1. The zero-order chi connectivity index (χ0) is 12.3. The molecular formula is C14H19F2N. The summed E-state index contributed by atoms with van der Waals surface area (Å²) in [5.74, 6) is -1.44. The van der Waals surface area contributed by atoms with Crippen molar-refractivity contribution in [2.24, 2.45) is 0 Å². The third-order valence-corrected chi connectivity index (χ3v) is 3.57. The van der Waals surface area contributed by atoms with Gasteiger partial charge < -0.3 is 5.32 Å². The van der Waals surface area contributed by atoms with Crippen molar-refractivity contribution in [2.75, 3.05) is 6.54 Å². The Bertz CT molecular complexity index is 382. The second-order valence-electron chi connectivity index (χ2n) is 5.19. The standard InChI is InChI=1S/C14H19F2N/c1-14(8-3-2-4-9-17-14)10-11-6-5-7-12(15)13(11)16/h5-7,17H,2-4,8-10H2,1H3. The van der Waals surface area contributed by atoms with Crippen molar-refractivity contribution in [1.82, 2.24) is 5.32 Å². The third kappa shape index (κ3) is 3.03. The fraction of sp³-hybridized carbons (Fsp3) is 0.571. The molecule has 0 bridgehead atoms. The lowest BCUT2D eigenvalue weighted by atomic mass is 9.88. The van der Waals surface area contributed by atoms with Crippen molar-refractivity contribution >= 4 is 0 Å². The second kappa shape index (κ2) is 5.13. The number of benzene rings is 1.